The molecular formula is C10H9F3N2O2. The third-order valence-corrected chi connectivity index (χ3v) is 1.93. The third-order valence-electron chi connectivity index (χ3n) is 1.93. The number of hydrogen-bond acceptors (Lipinski definition) is 3. The number of oxime groups is 1. The number of anilines is 1. The average molecular weight is 246 g/mol. The summed E-state index contributed by atoms with van der Waals surface area (Å²) in [6, 6.07) is 4.16. The Balaban J connectivity index is 2.91. The number of hydrogen-bond donors (Lipinski definition) is 2. The van der Waals surface area contributed by atoms with Crippen LogP contribution in [0.2, 0.25) is 0 Å². The van der Waals surface area contributed by atoms with Crippen LogP contribution in [-0.2, 0) is 11.0 Å². The van der Waals surface area contributed by atoms with Crippen molar-refractivity contribution in [2.75, 3.05) is 5.32 Å². The summed E-state index contributed by atoms with van der Waals surface area (Å²) in [4.78, 5) is 11.2. The summed E-state index contributed by atoms with van der Waals surface area (Å²) in [7, 11) is 0. The van der Waals surface area contributed by atoms with Crippen molar-refractivity contribution in [2.45, 2.75) is 13.1 Å². The fourth-order valence-electron chi connectivity index (χ4n) is 1.04. The van der Waals surface area contributed by atoms with Gasteiger partial charge < -0.3 is 10.5 Å². The Bertz CT molecular complexity index is 455. The maximum absolute atomic E-state index is 12.4. The van der Waals surface area contributed by atoms with Gasteiger partial charge in [0.25, 0.3) is 5.91 Å². The highest BCUT2D eigenvalue weighted by Gasteiger charge is 2.30. The van der Waals surface area contributed by atoms with Gasteiger partial charge in [0, 0.05) is 5.69 Å². The van der Waals surface area contributed by atoms with Gasteiger partial charge in [0.2, 0.25) is 0 Å². The molecule has 1 aromatic rings. The molecule has 0 heterocycles. The Morgan fingerprint density at radius 3 is 2.59 bits per heavy atom. The zero-order valence-electron chi connectivity index (χ0n) is 8.75. The summed E-state index contributed by atoms with van der Waals surface area (Å²) < 4.78 is 37.1. The van der Waals surface area contributed by atoms with E-state index in [9.17, 15) is 18.0 Å². The van der Waals surface area contributed by atoms with Crippen molar-refractivity contribution in [3.8, 4) is 0 Å². The molecule has 0 fully saturated rings. The number of amides is 1. The van der Waals surface area contributed by atoms with Crippen LogP contribution in [0.25, 0.3) is 0 Å². The third kappa shape index (κ3) is 3.47. The number of carbonyl (C=O) groups is 1. The van der Waals surface area contributed by atoms with Gasteiger partial charge in [-0.15, -0.1) is 0 Å². The van der Waals surface area contributed by atoms with E-state index in [0.717, 1.165) is 12.1 Å². The fraction of sp³-hybridized carbons (Fsp3) is 0.200. The van der Waals surface area contributed by atoms with Crippen molar-refractivity contribution < 1.29 is 23.2 Å². The molecule has 92 valence electrons. The molecule has 7 heteroatoms. The minimum Gasteiger partial charge on any atom is -0.410 e. The Labute approximate surface area is 94.7 Å². The first-order valence-corrected chi connectivity index (χ1v) is 4.52. The van der Waals surface area contributed by atoms with E-state index < -0.39 is 17.6 Å². The number of nitrogens with one attached hydrogen (secondary N) is 1. The predicted molar refractivity (Wildman–Crippen MR) is 55.0 cm³/mol. The highest BCUT2D eigenvalue weighted by molar-refractivity contribution is 6.42. The first-order valence-electron chi connectivity index (χ1n) is 4.52. The number of nitrogens with zero attached hydrogens (tertiary/aromatic N) is 1. The van der Waals surface area contributed by atoms with Gasteiger partial charge in [-0.25, -0.2) is 0 Å². The molecule has 0 atom stereocenters. The molecule has 1 aromatic carbocycles. The van der Waals surface area contributed by atoms with Gasteiger partial charge in [0.05, 0.1) is 5.56 Å². The second kappa shape index (κ2) is 4.86. The molecule has 0 spiro atoms. The van der Waals surface area contributed by atoms with Crippen LogP contribution in [0.4, 0.5) is 18.9 Å². The van der Waals surface area contributed by atoms with Crippen LogP contribution in [0.3, 0.4) is 0 Å². The number of carbonyl (C=O) groups excluding carboxylic acids is 1. The van der Waals surface area contributed by atoms with Crippen molar-refractivity contribution in [1.29, 1.82) is 0 Å². The first-order chi connectivity index (χ1) is 7.84. The Morgan fingerprint density at radius 1 is 1.41 bits per heavy atom. The summed E-state index contributed by atoms with van der Waals surface area (Å²) >= 11 is 0. The largest absolute Gasteiger partial charge is 0.416 e. The lowest BCUT2D eigenvalue weighted by atomic mass is 10.2. The Kier molecular flexibility index (Phi) is 3.72. The molecule has 0 saturated carbocycles. The fourth-order valence-corrected chi connectivity index (χ4v) is 1.04. The molecule has 0 radical (unpaired) electrons. The zero-order chi connectivity index (χ0) is 13.1. The molecule has 0 aliphatic carbocycles. The lowest BCUT2D eigenvalue weighted by Gasteiger charge is -2.09. The maximum atomic E-state index is 12.4. The number of benzene rings is 1. The lowest BCUT2D eigenvalue weighted by Crippen LogP contribution is -2.20. The topological polar surface area (TPSA) is 61.7 Å². The van der Waals surface area contributed by atoms with E-state index in [0.29, 0.717) is 0 Å². The molecule has 0 aliphatic heterocycles. The van der Waals surface area contributed by atoms with Gasteiger partial charge in [0.15, 0.2) is 0 Å². The van der Waals surface area contributed by atoms with Crippen molar-refractivity contribution in [3.05, 3.63) is 29.8 Å². The van der Waals surface area contributed by atoms with Crippen LogP contribution >= 0.6 is 0 Å². The van der Waals surface area contributed by atoms with Crippen molar-refractivity contribution in [1.82, 2.24) is 0 Å². The van der Waals surface area contributed by atoms with E-state index in [2.05, 4.69) is 10.5 Å². The standard InChI is InChI=1S/C10H9F3N2O2/c1-6(15-17)9(16)14-8-4-2-3-7(5-8)10(11,12)13/h2-5,17H,1H3,(H,14,16)/b15-6-. The monoisotopic (exact) mass is 246 g/mol. The molecule has 0 saturated heterocycles. The van der Waals surface area contributed by atoms with Gasteiger partial charge in [-0.1, -0.05) is 11.2 Å². The lowest BCUT2D eigenvalue weighted by molar-refractivity contribution is -0.137. The molecular weight excluding hydrogens is 237 g/mol. The highest BCUT2D eigenvalue weighted by atomic mass is 19.4. The van der Waals surface area contributed by atoms with Crippen molar-refractivity contribution >= 4 is 17.3 Å². The molecule has 2 N–H and O–H groups in total. The molecule has 0 bridgehead atoms. The van der Waals surface area contributed by atoms with E-state index in [-0.39, 0.29) is 11.4 Å². The molecule has 0 aliphatic rings. The van der Waals surface area contributed by atoms with Gasteiger partial charge in [-0.05, 0) is 25.1 Å². The zero-order valence-corrected chi connectivity index (χ0v) is 8.75. The summed E-state index contributed by atoms with van der Waals surface area (Å²) in [6.45, 7) is 1.23. The molecule has 4 nitrogen and oxygen atoms in total. The second-order valence-electron chi connectivity index (χ2n) is 3.22. The summed E-state index contributed by atoms with van der Waals surface area (Å²) in [5, 5.41) is 13.1. The van der Waals surface area contributed by atoms with Crippen LogP contribution in [0, 0.1) is 0 Å². The van der Waals surface area contributed by atoms with E-state index in [1.54, 1.807) is 0 Å². The number of rotatable bonds is 2. The van der Waals surface area contributed by atoms with Crippen LogP contribution in [-0.4, -0.2) is 16.8 Å². The maximum Gasteiger partial charge on any atom is 0.416 e. The summed E-state index contributed by atoms with van der Waals surface area (Å²) in [6.07, 6.45) is -4.47. The Morgan fingerprint density at radius 2 is 2.06 bits per heavy atom. The average Bonchev–Trinajstić information content (AvgIpc) is 2.27. The van der Waals surface area contributed by atoms with Crippen LogP contribution < -0.4 is 5.32 Å². The Hall–Kier alpha value is -2.05. The highest BCUT2D eigenvalue weighted by Crippen LogP contribution is 2.30. The molecule has 17 heavy (non-hydrogen) atoms. The smallest absolute Gasteiger partial charge is 0.410 e. The van der Waals surface area contributed by atoms with Crippen LogP contribution in [0.15, 0.2) is 29.4 Å². The molecule has 0 unspecified atom stereocenters. The first kappa shape index (κ1) is 13.0. The van der Waals surface area contributed by atoms with E-state index in [4.69, 9.17) is 5.21 Å². The molecule has 1 rings (SSSR count). The van der Waals surface area contributed by atoms with Crippen LogP contribution in [0.5, 0.6) is 0 Å². The van der Waals surface area contributed by atoms with Gasteiger partial charge in [-0.2, -0.15) is 13.2 Å². The predicted octanol–water partition coefficient (Wildman–Crippen LogP) is 2.49. The van der Waals surface area contributed by atoms with E-state index in [1.807, 2.05) is 0 Å². The van der Waals surface area contributed by atoms with Gasteiger partial charge in [-0.3, -0.25) is 4.79 Å². The summed E-state index contributed by atoms with van der Waals surface area (Å²) in [5.41, 5.74) is -1.14. The van der Waals surface area contributed by atoms with Gasteiger partial charge in [0.1, 0.15) is 5.71 Å². The van der Waals surface area contributed by atoms with Crippen molar-refractivity contribution in [2.24, 2.45) is 5.16 Å². The summed E-state index contributed by atoms with van der Waals surface area (Å²) in [5.74, 6) is -0.771. The van der Waals surface area contributed by atoms with Crippen molar-refractivity contribution in [3.63, 3.8) is 0 Å². The van der Waals surface area contributed by atoms with E-state index >= 15 is 0 Å². The molecule has 0 aromatic heterocycles. The number of alkyl halides is 3. The number of halogens is 3. The van der Waals surface area contributed by atoms with Crippen LogP contribution in [0.1, 0.15) is 12.5 Å². The second-order valence-corrected chi connectivity index (χ2v) is 3.22. The van der Waals surface area contributed by atoms with Gasteiger partial charge >= 0.3 is 6.18 Å². The van der Waals surface area contributed by atoms with E-state index in [1.165, 1.54) is 19.1 Å². The quantitative estimate of drug-likeness (QED) is 0.478. The SMILES string of the molecule is C/C(=N/O)C(=O)Nc1cccc(C(F)(F)F)c1. The minimum atomic E-state index is -4.47. The molecule has 1 amide bonds. The normalized spacial score (nSPS) is 12.4. The minimum absolute atomic E-state index is 0.0205.